The normalized spacial score (nSPS) is 17.1. The van der Waals surface area contributed by atoms with Gasteiger partial charge in [-0.2, -0.15) is 0 Å². The lowest BCUT2D eigenvalue weighted by Gasteiger charge is -2.22. The number of thiophene rings is 1. The van der Waals surface area contributed by atoms with Crippen LogP contribution >= 0.6 is 11.3 Å². The van der Waals surface area contributed by atoms with Crippen molar-refractivity contribution in [1.29, 1.82) is 0 Å². The van der Waals surface area contributed by atoms with Gasteiger partial charge >= 0.3 is 0 Å². The number of hydrogen-bond acceptors (Lipinski definition) is 3. The van der Waals surface area contributed by atoms with Crippen molar-refractivity contribution >= 4 is 23.1 Å². The van der Waals surface area contributed by atoms with Gasteiger partial charge < -0.3 is 5.32 Å². The summed E-state index contributed by atoms with van der Waals surface area (Å²) in [6, 6.07) is 10.2. The zero-order chi connectivity index (χ0) is 15.1. The van der Waals surface area contributed by atoms with Gasteiger partial charge in [0.2, 0.25) is 5.91 Å². The van der Waals surface area contributed by atoms with Crippen LogP contribution in [0.25, 0.3) is 5.69 Å². The third-order valence-corrected chi connectivity index (χ3v) is 4.73. The Morgan fingerprint density at radius 3 is 3.00 bits per heavy atom. The largest absolute Gasteiger partial charge is 0.310 e. The van der Waals surface area contributed by atoms with E-state index in [9.17, 15) is 9.18 Å². The number of imidazole rings is 1. The van der Waals surface area contributed by atoms with Crippen molar-refractivity contribution < 1.29 is 9.18 Å². The van der Waals surface area contributed by atoms with Gasteiger partial charge in [0.1, 0.15) is 18.0 Å². The molecule has 0 bridgehead atoms. The molecule has 0 aliphatic carbocycles. The Morgan fingerprint density at radius 1 is 1.32 bits per heavy atom. The molecule has 22 heavy (non-hydrogen) atoms. The van der Waals surface area contributed by atoms with E-state index >= 15 is 0 Å². The topological polar surface area (TPSA) is 46.9 Å². The molecule has 1 atom stereocenters. The second-order valence-corrected chi connectivity index (χ2v) is 6.13. The maximum atomic E-state index is 13.4. The molecule has 0 saturated carbocycles. The Bertz CT molecular complexity index is 841. The molecule has 0 saturated heterocycles. The predicted octanol–water partition coefficient (Wildman–Crippen LogP) is 3.55. The van der Waals surface area contributed by atoms with Crippen LogP contribution in [-0.4, -0.2) is 15.5 Å². The number of benzene rings is 1. The fraction of sp³-hybridized carbons (Fsp3) is 0.125. The van der Waals surface area contributed by atoms with Crippen molar-refractivity contribution in [3.8, 4) is 5.69 Å². The van der Waals surface area contributed by atoms with Crippen LogP contribution in [0.2, 0.25) is 0 Å². The first-order chi connectivity index (χ1) is 10.7. The summed E-state index contributed by atoms with van der Waals surface area (Å²) in [6.45, 7) is 0. The molecule has 1 aliphatic heterocycles. The van der Waals surface area contributed by atoms with Crippen LogP contribution in [0.5, 0.6) is 0 Å². The number of nitrogens with one attached hydrogen (secondary N) is 1. The molecular weight excluding hydrogens is 301 g/mol. The molecule has 4 nitrogen and oxygen atoms in total. The lowest BCUT2D eigenvalue weighted by molar-refractivity contribution is -0.116. The van der Waals surface area contributed by atoms with Crippen LogP contribution in [0.15, 0.2) is 48.1 Å². The van der Waals surface area contributed by atoms with Gasteiger partial charge in [0.15, 0.2) is 0 Å². The summed E-state index contributed by atoms with van der Waals surface area (Å²) in [5.41, 5.74) is 1.46. The van der Waals surface area contributed by atoms with E-state index in [1.54, 1.807) is 34.4 Å². The van der Waals surface area contributed by atoms with Crippen LogP contribution in [0.4, 0.5) is 10.2 Å². The highest BCUT2D eigenvalue weighted by molar-refractivity contribution is 7.10. The summed E-state index contributed by atoms with van der Waals surface area (Å²) in [5.74, 6) is 0.208. The molecule has 1 N–H and O–H groups in total. The molecular formula is C16H12FN3OS. The predicted molar refractivity (Wildman–Crippen MR) is 82.9 cm³/mol. The first-order valence-electron chi connectivity index (χ1n) is 6.89. The Balaban J connectivity index is 1.84. The number of anilines is 1. The molecule has 0 fully saturated rings. The number of fused-ring (bicyclic) bond motifs is 1. The number of halogens is 1. The van der Waals surface area contributed by atoms with E-state index in [1.807, 2.05) is 17.5 Å². The summed E-state index contributed by atoms with van der Waals surface area (Å²) in [7, 11) is 0. The van der Waals surface area contributed by atoms with E-state index in [0.717, 1.165) is 10.6 Å². The molecule has 0 radical (unpaired) electrons. The maximum absolute atomic E-state index is 13.4. The SMILES string of the molecule is O=C1C[C@H](c2cccs2)c2ncn(-c3cccc(F)c3)c2N1. The molecule has 0 unspecified atom stereocenters. The Kier molecular flexibility index (Phi) is 3.04. The van der Waals surface area contributed by atoms with Gasteiger partial charge in [-0.3, -0.25) is 9.36 Å². The Hall–Kier alpha value is -2.47. The number of carbonyl (C=O) groups excluding carboxylic acids is 1. The molecule has 4 rings (SSSR count). The van der Waals surface area contributed by atoms with Crippen LogP contribution in [-0.2, 0) is 4.79 Å². The van der Waals surface area contributed by atoms with Gasteiger partial charge in [0.05, 0.1) is 11.4 Å². The van der Waals surface area contributed by atoms with Gasteiger partial charge in [-0.15, -0.1) is 11.3 Å². The second-order valence-electron chi connectivity index (χ2n) is 5.15. The molecule has 1 aromatic carbocycles. The summed E-state index contributed by atoms with van der Waals surface area (Å²) < 4.78 is 15.2. The molecule has 1 aliphatic rings. The van der Waals surface area contributed by atoms with Crippen LogP contribution in [0.1, 0.15) is 22.9 Å². The minimum Gasteiger partial charge on any atom is -0.310 e. The van der Waals surface area contributed by atoms with E-state index in [0.29, 0.717) is 17.9 Å². The molecule has 3 aromatic rings. The highest BCUT2D eigenvalue weighted by atomic mass is 32.1. The highest BCUT2D eigenvalue weighted by Gasteiger charge is 2.31. The van der Waals surface area contributed by atoms with Gasteiger partial charge in [-0.05, 0) is 29.6 Å². The number of carbonyl (C=O) groups is 1. The number of nitrogens with zero attached hydrogens (tertiary/aromatic N) is 2. The van der Waals surface area contributed by atoms with Crippen molar-refractivity contribution in [2.24, 2.45) is 0 Å². The number of aromatic nitrogens is 2. The Morgan fingerprint density at radius 2 is 2.23 bits per heavy atom. The van der Waals surface area contributed by atoms with E-state index in [1.165, 1.54) is 12.1 Å². The maximum Gasteiger partial charge on any atom is 0.226 e. The molecule has 2 aromatic heterocycles. The average molecular weight is 313 g/mol. The Labute approximate surface area is 130 Å². The van der Waals surface area contributed by atoms with E-state index in [-0.39, 0.29) is 17.6 Å². The molecule has 6 heteroatoms. The summed E-state index contributed by atoms with van der Waals surface area (Å²) in [4.78, 5) is 17.6. The number of amides is 1. The third-order valence-electron chi connectivity index (χ3n) is 3.75. The minimum atomic E-state index is -0.322. The number of hydrogen-bond donors (Lipinski definition) is 1. The third kappa shape index (κ3) is 2.12. The second kappa shape index (κ2) is 5.06. The summed E-state index contributed by atoms with van der Waals surface area (Å²) in [6.07, 6.45) is 2.01. The summed E-state index contributed by atoms with van der Waals surface area (Å²) in [5, 5.41) is 4.85. The van der Waals surface area contributed by atoms with Crippen molar-refractivity contribution in [2.75, 3.05) is 5.32 Å². The fourth-order valence-corrected chi connectivity index (χ4v) is 3.58. The van der Waals surface area contributed by atoms with Gasteiger partial charge in [0.25, 0.3) is 0 Å². The van der Waals surface area contributed by atoms with Gasteiger partial charge in [-0.25, -0.2) is 9.37 Å². The molecule has 110 valence electrons. The van der Waals surface area contributed by atoms with Crippen LogP contribution in [0, 0.1) is 5.82 Å². The lowest BCUT2D eigenvalue weighted by atomic mass is 9.96. The molecule has 3 heterocycles. The first kappa shape index (κ1) is 13.2. The zero-order valence-electron chi connectivity index (χ0n) is 11.5. The smallest absolute Gasteiger partial charge is 0.226 e. The molecule has 0 spiro atoms. The van der Waals surface area contributed by atoms with Gasteiger partial charge in [0, 0.05) is 17.2 Å². The van der Waals surface area contributed by atoms with Crippen molar-refractivity contribution in [2.45, 2.75) is 12.3 Å². The monoisotopic (exact) mass is 313 g/mol. The van der Waals surface area contributed by atoms with E-state index in [2.05, 4.69) is 10.3 Å². The number of rotatable bonds is 2. The zero-order valence-corrected chi connectivity index (χ0v) is 12.3. The van der Waals surface area contributed by atoms with Crippen LogP contribution in [0.3, 0.4) is 0 Å². The van der Waals surface area contributed by atoms with Crippen molar-refractivity contribution in [3.63, 3.8) is 0 Å². The quantitative estimate of drug-likeness (QED) is 0.786. The fourth-order valence-electron chi connectivity index (χ4n) is 2.75. The lowest BCUT2D eigenvalue weighted by Crippen LogP contribution is -2.24. The van der Waals surface area contributed by atoms with Crippen molar-refractivity contribution in [3.05, 3.63) is 64.5 Å². The van der Waals surface area contributed by atoms with E-state index < -0.39 is 0 Å². The van der Waals surface area contributed by atoms with Gasteiger partial charge in [-0.1, -0.05) is 12.1 Å². The highest BCUT2D eigenvalue weighted by Crippen LogP contribution is 2.38. The minimum absolute atomic E-state index is 0.0430. The first-order valence-corrected chi connectivity index (χ1v) is 7.77. The average Bonchev–Trinajstić information content (AvgIpc) is 3.16. The van der Waals surface area contributed by atoms with Crippen LogP contribution < -0.4 is 5.32 Å². The summed E-state index contributed by atoms with van der Waals surface area (Å²) >= 11 is 1.61. The molecule has 1 amide bonds. The standard InChI is InChI=1S/C16H12FN3OS/c17-10-3-1-4-11(7-10)20-9-18-15-12(13-5-2-6-22-13)8-14(21)19-16(15)20/h1-7,9,12H,8H2,(H,19,21)/t12-/m1/s1. The van der Waals surface area contributed by atoms with Crippen molar-refractivity contribution in [1.82, 2.24) is 9.55 Å². The van der Waals surface area contributed by atoms with E-state index in [4.69, 9.17) is 0 Å².